The highest BCUT2D eigenvalue weighted by Crippen LogP contribution is 2.24. The van der Waals surface area contributed by atoms with E-state index in [0.29, 0.717) is 13.1 Å². The second-order valence-electron chi connectivity index (χ2n) is 6.34. The van der Waals surface area contributed by atoms with Gasteiger partial charge in [0.1, 0.15) is 0 Å². The minimum Gasteiger partial charge on any atom is -0.381 e. The molecule has 0 N–H and O–H groups in total. The highest BCUT2D eigenvalue weighted by molar-refractivity contribution is 5.90. The van der Waals surface area contributed by atoms with Gasteiger partial charge in [0.15, 0.2) is 0 Å². The number of carbonyl (C=O) groups is 1. The van der Waals surface area contributed by atoms with Gasteiger partial charge < -0.3 is 9.64 Å². The molecule has 1 fully saturated rings. The molecule has 0 unspecified atom stereocenters. The normalized spacial score (nSPS) is 20.8. The number of rotatable bonds is 4. The van der Waals surface area contributed by atoms with E-state index in [9.17, 15) is 4.79 Å². The van der Waals surface area contributed by atoms with Crippen LogP contribution >= 0.6 is 0 Å². The summed E-state index contributed by atoms with van der Waals surface area (Å²) in [5, 5.41) is 0. The van der Waals surface area contributed by atoms with E-state index in [0.717, 1.165) is 12.8 Å². The predicted octanol–water partition coefficient (Wildman–Crippen LogP) is 2.50. The first-order valence-corrected chi connectivity index (χ1v) is 8.32. The molecule has 3 rings (SSSR count). The molecule has 1 aromatic carbocycles. The van der Waals surface area contributed by atoms with Gasteiger partial charge in [0.25, 0.3) is 5.91 Å². The zero-order valence-corrected chi connectivity index (χ0v) is 14.2. The van der Waals surface area contributed by atoms with Crippen molar-refractivity contribution in [3.8, 4) is 0 Å². The van der Waals surface area contributed by atoms with Crippen LogP contribution in [0.2, 0.25) is 0 Å². The highest BCUT2D eigenvalue weighted by Gasteiger charge is 2.32. The topological polar surface area (TPSA) is 55.3 Å². The Morgan fingerprint density at radius 3 is 2.79 bits per heavy atom. The van der Waals surface area contributed by atoms with Crippen molar-refractivity contribution >= 4 is 5.91 Å². The molecule has 24 heavy (non-hydrogen) atoms. The van der Waals surface area contributed by atoms with E-state index in [2.05, 4.69) is 41.2 Å². The SMILES string of the molecule is CO[C@@H]1CCN(C(=O)c2ncccn2)C[C@@H]1Cc1cccc(C)c1. The summed E-state index contributed by atoms with van der Waals surface area (Å²) in [4.78, 5) is 22.6. The van der Waals surface area contributed by atoms with Crippen LogP contribution < -0.4 is 0 Å². The van der Waals surface area contributed by atoms with Gasteiger partial charge in [0.2, 0.25) is 5.82 Å². The summed E-state index contributed by atoms with van der Waals surface area (Å²) < 4.78 is 5.67. The lowest BCUT2D eigenvalue weighted by Gasteiger charge is -2.37. The van der Waals surface area contributed by atoms with Crippen LogP contribution in [0.5, 0.6) is 0 Å². The van der Waals surface area contributed by atoms with Gasteiger partial charge in [0, 0.05) is 38.5 Å². The maximum absolute atomic E-state index is 12.6. The summed E-state index contributed by atoms with van der Waals surface area (Å²) in [6.07, 6.45) is 5.12. The molecule has 0 saturated carbocycles. The molecule has 1 amide bonds. The van der Waals surface area contributed by atoms with Crippen LogP contribution in [0.25, 0.3) is 0 Å². The van der Waals surface area contributed by atoms with Crippen molar-refractivity contribution in [2.45, 2.75) is 25.9 Å². The summed E-state index contributed by atoms with van der Waals surface area (Å²) in [6.45, 7) is 3.45. The van der Waals surface area contributed by atoms with Gasteiger partial charge >= 0.3 is 0 Å². The van der Waals surface area contributed by atoms with Gasteiger partial charge in [-0.2, -0.15) is 0 Å². The average Bonchev–Trinajstić information content (AvgIpc) is 2.62. The first-order chi connectivity index (χ1) is 11.7. The largest absolute Gasteiger partial charge is 0.381 e. The fraction of sp³-hybridized carbons (Fsp3) is 0.421. The van der Waals surface area contributed by atoms with E-state index in [4.69, 9.17) is 4.74 Å². The number of piperidine rings is 1. The van der Waals surface area contributed by atoms with Crippen molar-refractivity contribution in [1.82, 2.24) is 14.9 Å². The molecule has 1 saturated heterocycles. The molecule has 0 bridgehead atoms. The number of benzene rings is 1. The number of ether oxygens (including phenoxy) is 1. The summed E-state index contributed by atoms with van der Waals surface area (Å²) in [5.41, 5.74) is 2.54. The van der Waals surface area contributed by atoms with Gasteiger partial charge in [-0.25, -0.2) is 9.97 Å². The van der Waals surface area contributed by atoms with Crippen LogP contribution in [-0.4, -0.2) is 47.1 Å². The van der Waals surface area contributed by atoms with Crippen molar-refractivity contribution in [3.05, 3.63) is 59.7 Å². The number of carbonyl (C=O) groups excluding carboxylic acids is 1. The molecular weight excluding hydrogens is 302 g/mol. The van der Waals surface area contributed by atoms with Crippen molar-refractivity contribution < 1.29 is 9.53 Å². The number of likely N-dealkylation sites (tertiary alicyclic amines) is 1. The zero-order chi connectivity index (χ0) is 16.9. The Hall–Kier alpha value is -2.27. The first-order valence-electron chi connectivity index (χ1n) is 8.32. The Morgan fingerprint density at radius 2 is 2.08 bits per heavy atom. The lowest BCUT2D eigenvalue weighted by molar-refractivity contribution is -0.00337. The first kappa shape index (κ1) is 16.6. The van der Waals surface area contributed by atoms with Gasteiger partial charge in [-0.15, -0.1) is 0 Å². The predicted molar refractivity (Wildman–Crippen MR) is 91.7 cm³/mol. The van der Waals surface area contributed by atoms with Crippen molar-refractivity contribution in [3.63, 3.8) is 0 Å². The number of hydrogen-bond acceptors (Lipinski definition) is 4. The fourth-order valence-electron chi connectivity index (χ4n) is 3.39. The third-order valence-corrected chi connectivity index (χ3v) is 4.59. The second-order valence-corrected chi connectivity index (χ2v) is 6.34. The van der Waals surface area contributed by atoms with Crippen LogP contribution in [-0.2, 0) is 11.2 Å². The number of aromatic nitrogens is 2. The molecule has 0 radical (unpaired) electrons. The smallest absolute Gasteiger partial charge is 0.291 e. The van der Waals surface area contributed by atoms with Crippen molar-refractivity contribution in [2.24, 2.45) is 5.92 Å². The van der Waals surface area contributed by atoms with Crippen LogP contribution in [0.3, 0.4) is 0 Å². The second kappa shape index (κ2) is 7.53. The number of nitrogens with zero attached hydrogens (tertiary/aromatic N) is 3. The molecule has 126 valence electrons. The Morgan fingerprint density at radius 1 is 1.29 bits per heavy atom. The number of amides is 1. The van der Waals surface area contributed by atoms with E-state index >= 15 is 0 Å². The van der Waals surface area contributed by atoms with E-state index in [-0.39, 0.29) is 23.8 Å². The van der Waals surface area contributed by atoms with E-state index in [1.54, 1.807) is 25.6 Å². The van der Waals surface area contributed by atoms with Crippen LogP contribution in [0.4, 0.5) is 0 Å². The van der Waals surface area contributed by atoms with Crippen molar-refractivity contribution in [1.29, 1.82) is 0 Å². The third kappa shape index (κ3) is 3.79. The van der Waals surface area contributed by atoms with Crippen molar-refractivity contribution in [2.75, 3.05) is 20.2 Å². The standard InChI is InChI=1S/C19H23N3O2/c1-14-5-3-6-15(11-14)12-16-13-22(10-7-17(16)24-2)19(23)18-20-8-4-9-21-18/h3-6,8-9,11,16-17H,7,10,12-13H2,1-2H3/t16-,17+/m0/s1. The number of hydrogen-bond donors (Lipinski definition) is 0. The van der Waals surface area contributed by atoms with E-state index in [1.807, 2.05) is 4.90 Å². The molecule has 5 nitrogen and oxygen atoms in total. The van der Waals surface area contributed by atoms with Gasteiger partial charge in [0.05, 0.1) is 6.10 Å². The summed E-state index contributed by atoms with van der Waals surface area (Å²) in [5.74, 6) is 0.445. The third-order valence-electron chi connectivity index (χ3n) is 4.59. The maximum atomic E-state index is 12.6. The number of aryl methyl sites for hydroxylation is 1. The van der Waals surface area contributed by atoms with Crippen LogP contribution in [0.1, 0.15) is 28.2 Å². The Kier molecular flexibility index (Phi) is 5.20. The minimum atomic E-state index is -0.0978. The van der Waals surface area contributed by atoms with Crippen LogP contribution in [0, 0.1) is 12.8 Å². The summed E-state index contributed by atoms with van der Waals surface area (Å²) >= 11 is 0. The molecule has 2 heterocycles. The summed E-state index contributed by atoms with van der Waals surface area (Å²) in [7, 11) is 1.76. The molecule has 0 spiro atoms. The van der Waals surface area contributed by atoms with E-state index < -0.39 is 0 Å². The highest BCUT2D eigenvalue weighted by atomic mass is 16.5. The monoisotopic (exact) mass is 325 g/mol. The maximum Gasteiger partial charge on any atom is 0.291 e. The Bertz CT molecular complexity index is 690. The molecule has 2 aromatic rings. The molecule has 1 aromatic heterocycles. The molecular formula is C19H23N3O2. The lowest BCUT2D eigenvalue weighted by atomic mass is 9.88. The molecule has 1 aliphatic heterocycles. The Labute approximate surface area is 142 Å². The fourth-order valence-corrected chi connectivity index (χ4v) is 3.39. The average molecular weight is 325 g/mol. The molecule has 1 aliphatic rings. The minimum absolute atomic E-state index is 0.0978. The molecule has 0 aliphatic carbocycles. The summed E-state index contributed by atoms with van der Waals surface area (Å²) in [6, 6.07) is 10.2. The van der Waals surface area contributed by atoms with E-state index in [1.165, 1.54) is 11.1 Å². The Balaban J connectivity index is 1.73. The molecule has 2 atom stereocenters. The molecule has 5 heteroatoms. The number of methoxy groups -OCH3 is 1. The quantitative estimate of drug-likeness (QED) is 0.867. The van der Waals surface area contributed by atoms with Gasteiger partial charge in [-0.1, -0.05) is 29.8 Å². The zero-order valence-electron chi connectivity index (χ0n) is 14.2. The van der Waals surface area contributed by atoms with Gasteiger partial charge in [-0.05, 0) is 31.4 Å². The van der Waals surface area contributed by atoms with Crippen LogP contribution in [0.15, 0.2) is 42.7 Å². The van der Waals surface area contributed by atoms with Gasteiger partial charge in [-0.3, -0.25) is 4.79 Å². The lowest BCUT2D eigenvalue weighted by Crippen LogP contribution is -2.47.